The first-order chi connectivity index (χ1) is 11.8. The molecular weight excluding hydrogens is 344 g/mol. The van der Waals surface area contributed by atoms with Crippen LogP contribution in [-0.2, 0) is 6.54 Å². The summed E-state index contributed by atoms with van der Waals surface area (Å²) < 4.78 is 2.09. The van der Waals surface area contributed by atoms with Crippen molar-refractivity contribution in [2.75, 3.05) is 6.54 Å². The molecular formula is C17H21ClN4O3. The lowest BCUT2D eigenvalue weighted by Gasteiger charge is -2.12. The Morgan fingerprint density at radius 3 is 2.44 bits per heavy atom. The van der Waals surface area contributed by atoms with Gasteiger partial charge in [-0.1, -0.05) is 32.4 Å². The number of rotatable bonds is 6. The lowest BCUT2D eigenvalue weighted by Crippen LogP contribution is -2.46. The van der Waals surface area contributed by atoms with E-state index in [4.69, 9.17) is 11.6 Å². The molecule has 0 saturated carbocycles. The van der Waals surface area contributed by atoms with Crippen molar-refractivity contribution < 1.29 is 4.79 Å². The average molecular weight is 365 g/mol. The fourth-order valence-corrected chi connectivity index (χ4v) is 2.33. The Hall–Kier alpha value is -2.41. The van der Waals surface area contributed by atoms with E-state index in [1.165, 1.54) is 0 Å². The summed E-state index contributed by atoms with van der Waals surface area (Å²) in [5.74, 6) is -0.366. The highest BCUT2D eigenvalue weighted by atomic mass is 35.5. The molecule has 0 unspecified atom stereocenters. The summed E-state index contributed by atoms with van der Waals surface area (Å²) in [4.78, 5) is 37.5. The van der Waals surface area contributed by atoms with Crippen molar-refractivity contribution in [3.63, 3.8) is 0 Å². The maximum Gasteiger partial charge on any atom is 0.352 e. The molecule has 0 atom stereocenters. The van der Waals surface area contributed by atoms with Crippen LogP contribution in [-0.4, -0.2) is 26.8 Å². The Morgan fingerprint density at radius 2 is 1.88 bits per heavy atom. The van der Waals surface area contributed by atoms with Crippen LogP contribution in [0.1, 0.15) is 37.7 Å². The number of nitrogens with one attached hydrogen (secondary N) is 1. The standard InChI is InChI=1S/C17H21ClN4O3/c1-4-9-21-16(24)14(15(23)19-10-11(2)3)20-22(17(21)25)13-7-5-12(18)6-8-13/h5-8,11H,4,9-10H2,1-3H3,(H,19,23). The normalized spacial score (nSPS) is 10.9. The van der Waals surface area contributed by atoms with Crippen LogP contribution in [0.3, 0.4) is 0 Å². The maximum absolute atomic E-state index is 12.6. The number of nitrogens with zero attached hydrogens (tertiary/aromatic N) is 3. The molecule has 0 aliphatic carbocycles. The zero-order valence-corrected chi connectivity index (χ0v) is 15.2. The molecule has 0 saturated heterocycles. The van der Waals surface area contributed by atoms with Crippen LogP contribution >= 0.6 is 11.6 Å². The number of halogens is 1. The van der Waals surface area contributed by atoms with Gasteiger partial charge in [0.05, 0.1) is 5.69 Å². The van der Waals surface area contributed by atoms with Crippen LogP contribution < -0.4 is 16.6 Å². The van der Waals surface area contributed by atoms with Crippen LogP contribution in [0.5, 0.6) is 0 Å². The molecule has 1 N–H and O–H groups in total. The zero-order chi connectivity index (χ0) is 18.6. The Bertz CT molecular complexity index is 869. The summed E-state index contributed by atoms with van der Waals surface area (Å²) >= 11 is 5.87. The van der Waals surface area contributed by atoms with Gasteiger partial charge >= 0.3 is 5.69 Å². The number of carbonyl (C=O) groups is 1. The second-order valence-electron chi connectivity index (χ2n) is 6.08. The average Bonchev–Trinajstić information content (AvgIpc) is 2.57. The van der Waals surface area contributed by atoms with E-state index in [0.717, 1.165) is 9.25 Å². The quantitative estimate of drug-likeness (QED) is 0.847. The van der Waals surface area contributed by atoms with Gasteiger partial charge in [0.25, 0.3) is 11.5 Å². The second-order valence-corrected chi connectivity index (χ2v) is 6.52. The Morgan fingerprint density at radius 1 is 1.24 bits per heavy atom. The predicted octanol–water partition coefficient (Wildman–Crippen LogP) is 1.84. The number of aromatic nitrogens is 3. The molecule has 2 aromatic rings. The second kappa shape index (κ2) is 8.11. The van der Waals surface area contributed by atoms with Crippen molar-refractivity contribution in [2.24, 2.45) is 5.92 Å². The lowest BCUT2D eigenvalue weighted by atomic mass is 10.2. The molecule has 2 rings (SSSR count). The third-order valence-electron chi connectivity index (χ3n) is 3.46. The first-order valence-corrected chi connectivity index (χ1v) is 8.51. The van der Waals surface area contributed by atoms with Gasteiger partial charge in [-0.15, -0.1) is 0 Å². The van der Waals surface area contributed by atoms with Gasteiger partial charge in [0.2, 0.25) is 5.69 Å². The summed E-state index contributed by atoms with van der Waals surface area (Å²) in [5, 5.41) is 7.18. The van der Waals surface area contributed by atoms with E-state index in [-0.39, 0.29) is 18.2 Å². The molecule has 8 heteroatoms. The Balaban J connectivity index is 2.60. The molecule has 0 fully saturated rings. The summed E-state index contributed by atoms with van der Waals surface area (Å²) in [6, 6.07) is 6.43. The highest BCUT2D eigenvalue weighted by molar-refractivity contribution is 6.30. The van der Waals surface area contributed by atoms with E-state index in [1.807, 2.05) is 20.8 Å². The van der Waals surface area contributed by atoms with Crippen molar-refractivity contribution in [1.82, 2.24) is 19.7 Å². The maximum atomic E-state index is 12.6. The number of hydrogen-bond donors (Lipinski definition) is 1. The lowest BCUT2D eigenvalue weighted by molar-refractivity contribution is 0.0939. The molecule has 7 nitrogen and oxygen atoms in total. The monoisotopic (exact) mass is 364 g/mol. The largest absolute Gasteiger partial charge is 0.352 e. The van der Waals surface area contributed by atoms with Gasteiger partial charge in [0.15, 0.2) is 0 Å². The first-order valence-electron chi connectivity index (χ1n) is 8.13. The minimum absolute atomic E-state index is 0.207. The van der Waals surface area contributed by atoms with Crippen molar-refractivity contribution in [3.05, 3.63) is 55.8 Å². The molecule has 1 aromatic carbocycles. The summed E-state index contributed by atoms with van der Waals surface area (Å²) in [6.45, 7) is 6.35. The third-order valence-corrected chi connectivity index (χ3v) is 3.72. The molecule has 25 heavy (non-hydrogen) atoms. The van der Waals surface area contributed by atoms with Gasteiger partial charge in [0, 0.05) is 18.1 Å². The number of amides is 1. The minimum Gasteiger partial charge on any atom is -0.350 e. The summed E-state index contributed by atoms with van der Waals surface area (Å²) in [7, 11) is 0. The zero-order valence-electron chi connectivity index (χ0n) is 14.5. The van der Waals surface area contributed by atoms with Crippen molar-refractivity contribution >= 4 is 17.5 Å². The predicted molar refractivity (Wildman–Crippen MR) is 96.6 cm³/mol. The number of benzene rings is 1. The molecule has 1 aromatic heterocycles. The third kappa shape index (κ3) is 4.36. The van der Waals surface area contributed by atoms with Gasteiger partial charge in [-0.3, -0.25) is 14.2 Å². The van der Waals surface area contributed by atoms with Crippen molar-refractivity contribution in [1.29, 1.82) is 0 Å². The smallest absolute Gasteiger partial charge is 0.350 e. The molecule has 1 amide bonds. The Kier molecular flexibility index (Phi) is 6.14. The Labute approximate surface area is 150 Å². The van der Waals surface area contributed by atoms with Gasteiger partial charge < -0.3 is 5.32 Å². The van der Waals surface area contributed by atoms with E-state index in [9.17, 15) is 14.4 Å². The molecule has 0 spiro atoms. The fraction of sp³-hybridized carbons (Fsp3) is 0.412. The van der Waals surface area contributed by atoms with Crippen LogP contribution in [0.2, 0.25) is 5.02 Å². The van der Waals surface area contributed by atoms with Gasteiger partial charge in [-0.2, -0.15) is 9.78 Å². The molecule has 0 radical (unpaired) electrons. The van der Waals surface area contributed by atoms with Crippen molar-refractivity contribution in [2.45, 2.75) is 33.7 Å². The highest BCUT2D eigenvalue weighted by Gasteiger charge is 2.19. The summed E-state index contributed by atoms with van der Waals surface area (Å²) in [5.41, 5.74) is -1.14. The molecule has 1 heterocycles. The summed E-state index contributed by atoms with van der Waals surface area (Å²) in [6.07, 6.45) is 0.576. The van der Waals surface area contributed by atoms with Crippen molar-refractivity contribution in [3.8, 4) is 5.69 Å². The van der Waals surface area contributed by atoms with E-state index in [2.05, 4.69) is 10.4 Å². The SMILES string of the molecule is CCCn1c(=O)c(C(=O)NCC(C)C)nn(-c2ccc(Cl)cc2)c1=O. The molecule has 0 aliphatic rings. The van der Waals surface area contributed by atoms with Crippen LogP contribution in [0, 0.1) is 5.92 Å². The van der Waals surface area contributed by atoms with E-state index in [0.29, 0.717) is 23.7 Å². The van der Waals surface area contributed by atoms with Gasteiger partial charge in [-0.25, -0.2) is 4.79 Å². The van der Waals surface area contributed by atoms with E-state index >= 15 is 0 Å². The highest BCUT2D eigenvalue weighted by Crippen LogP contribution is 2.11. The molecule has 134 valence electrons. The van der Waals surface area contributed by atoms with Crippen LogP contribution in [0.25, 0.3) is 5.69 Å². The van der Waals surface area contributed by atoms with Gasteiger partial charge in [-0.05, 0) is 36.6 Å². The fourth-order valence-electron chi connectivity index (χ4n) is 2.21. The van der Waals surface area contributed by atoms with Crippen LogP contribution in [0.4, 0.5) is 0 Å². The molecule has 0 bridgehead atoms. The van der Waals surface area contributed by atoms with Crippen LogP contribution in [0.15, 0.2) is 33.9 Å². The van der Waals surface area contributed by atoms with E-state index < -0.39 is 17.2 Å². The molecule has 0 aliphatic heterocycles. The number of carbonyl (C=O) groups excluding carboxylic acids is 1. The topological polar surface area (TPSA) is 86.0 Å². The van der Waals surface area contributed by atoms with E-state index in [1.54, 1.807) is 24.3 Å². The first kappa shape index (κ1) is 18.9. The number of hydrogen-bond acceptors (Lipinski definition) is 4. The minimum atomic E-state index is -0.682. The van der Waals surface area contributed by atoms with Gasteiger partial charge in [0.1, 0.15) is 0 Å².